The lowest BCUT2D eigenvalue weighted by molar-refractivity contribution is 0.0975. The van der Waals surface area contributed by atoms with E-state index in [1.165, 1.54) is 0 Å². The predicted molar refractivity (Wildman–Crippen MR) is 121 cm³/mol. The van der Waals surface area contributed by atoms with Crippen molar-refractivity contribution in [3.05, 3.63) is 89.5 Å². The molecule has 0 aromatic heterocycles. The van der Waals surface area contributed by atoms with Gasteiger partial charge < -0.3 is 10.2 Å². The number of carbonyl (C=O) groups excluding carboxylic acids is 1. The normalized spacial score (nSPS) is 15.2. The van der Waals surface area contributed by atoms with Crippen LogP contribution in [0.4, 0.5) is 17.1 Å². The number of nitrogens with one attached hydrogen (secondary N) is 1. The molecule has 150 valence electrons. The monoisotopic (exact) mass is 396 g/mol. The summed E-state index contributed by atoms with van der Waals surface area (Å²) in [6.45, 7) is 2.71. The van der Waals surface area contributed by atoms with Crippen LogP contribution in [0, 0.1) is 18.3 Å². The van der Waals surface area contributed by atoms with Crippen LogP contribution in [0.15, 0.2) is 72.8 Å². The zero-order valence-corrected chi connectivity index (χ0v) is 17.2. The maximum atomic E-state index is 13.5. The van der Waals surface area contributed by atoms with E-state index in [9.17, 15) is 4.79 Å². The smallest absolute Gasteiger partial charge is 0.262 e. The highest BCUT2D eigenvalue weighted by molar-refractivity contribution is 6.12. The van der Waals surface area contributed by atoms with Crippen molar-refractivity contribution < 1.29 is 4.79 Å². The van der Waals surface area contributed by atoms with Crippen LogP contribution in [0.3, 0.4) is 0 Å². The molecule has 0 unspecified atom stereocenters. The summed E-state index contributed by atoms with van der Waals surface area (Å²) in [6, 6.07) is 26.0. The van der Waals surface area contributed by atoms with Crippen LogP contribution in [0.2, 0.25) is 0 Å². The van der Waals surface area contributed by atoms with Gasteiger partial charge in [0.05, 0.1) is 18.1 Å². The van der Waals surface area contributed by atoms with E-state index < -0.39 is 0 Å². The molecule has 0 saturated heterocycles. The molecule has 1 aliphatic heterocycles. The number of nitriles is 1. The van der Waals surface area contributed by atoms with Gasteiger partial charge in [0, 0.05) is 30.7 Å². The van der Waals surface area contributed by atoms with E-state index in [4.69, 9.17) is 5.26 Å². The van der Waals surface area contributed by atoms with Gasteiger partial charge in [-0.25, -0.2) is 0 Å². The number of amides is 1. The van der Waals surface area contributed by atoms with Crippen molar-refractivity contribution in [3.63, 3.8) is 0 Å². The topological polar surface area (TPSA) is 59.4 Å². The van der Waals surface area contributed by atoms with Gasteiger partial charge >= 0.3 is 0 Å². The van der Waals surface area contributed by atoms with E-state index in [2.05, 4.69) is 16.3 Å². The zero-order valence-electron chi connectivity index (χ0n) is 17.2. The lowest BCUT2D eigenvalue weighted by atomic mass is 10.0. The molecule has 30 heavy (non-hydrogen) atoms. The molecular formula is C25H24N4O. The van der Waals surface area contributed by atoms with Gasteiger partial charge in [0.25, 0.3) is 5.91 Å². The van der Waals surface area contributed by atoms with Gasteiger partial charge in [0.15, 0.2) is 0 Å². The molecule has 4 rings (SSSR count). The molecule has 5 heteroatoms. The van der Waals surface area contributed by atoms with Gasteiger partial charge in [-0.05, 0) is 54.4 Å². The van der Waals surface area contributed by atoms with E-state index in [1.54, 1.807) is 0 Å². The van der Waals surface area contributed by atoms with Crippen LogP contribution in [0.5, 0.6) is 0 Å². The molecule has 1 amide bonds. The van der Waals surface area contributed by atoms with E-state index in [-0.39, 0.29) is 12.1 Å². The first-order chi connectivity index (χ1) is 14.6. The second kappa shape index (κ2) is 8.30. The molecule has 5 nitrogen and oxygen atoms in total. The summed E-state index contributed by atoms with van der Waals surface area (Å²) < 4.78 is 0. The van der Waals surface area contributed by atoms with Gasteiger partial charge in [-0.2, -0.15) is 5.26 Å². The Kier molecular flexibility index (Phi) is 5.40. The largest absolute Gasteiger partial charge is 0.374 e. The Morgan fingerprint density at radius 2 is 1.83 bits per heavy atom. The second-order valence-electron chi connectivity index (χ2n) is 7.53. The Morgan fingerprint density at radius 1 is 1.07 bits per heavy atom. The minimum atomic E-state index is -0.312. The SMILES string of the molecule is Cc1cccc(N2C(=O)c3ccccc3N[C@@H]2c2ccc(N(C)CCC#N)cc2)c1. The fourth-order valence-corrected chi connectivity index (χ4v) is 3.79. The fourth-order valence-electron chi connectivity index (χ4n) is 3.79. The number of benzene rings is 3. The van der Waals surface area contributed by atoms with Gasteiger partial charge in [-0.3, -0.25) is 9.69 Å². The molecule has 0 saturated carbocycles. The summed E-state index contributed by atoms with van der Waals surface area (Å²) >= 11 is 0. The Hall–Kier alpha value is -3.78. The van der Waals surface area contributed by atoms with Gasteiger partial charge in [0.2, 0.25) is 0 Å². The van der Waals surface area contributed by atoms with Gasteiger partial charge in [-0.1, -0.05) is 36.4 Å². The fraction of sp³-hybridized carbons (Fsp3) is 0.200. The summed E-state index contributed by atoms with van der Waals surface area (Å²) in [5, 5.41) is 12.4. The van der Waals surface area contributed by atoms with E-state index in [0.717, 1.165) is 28.2 Å². The molecule has 1 N–H and O–H groups in total. The van der Waals surface area contributed by atoms with Crippen LogP contribution in [0.1, 0.15) is 34.1 Å². The Balaban J connectivity index is 1.72. The van der Waals surface area contributed by atoms with Crippen LogP contribution < -0.4 is 15.1 Å². The predicted octanol–water partition coefficient (Wildman–Crippen LogP) is 5.12. The number of aryl methyl sites for hydroxylation is 1. The first-order valence-electron chi connectivity index (χ1n) is 10.0. The van der Waals surface area contributed by atoms with Gasteiger partial charge in [0.1, 0.15) is 6.17 Å². The molecule has 0 radical (unpaired) electrons. The molecule has 0 fully saturated rings. The zero-order chi connectivity index (χ0) is 21.1. The second-order valence-corrected chi connectivity index (χ2v) is 7.53. The minimum absolute atomic E-state index is 0.0184. The molecule has 3 aromatic rings. The molecule has 0 bridgehead atoms. The minimum Gasteiger partial charge on any atom is -0.374 e. The van der Waals surface area contributed by atoms with Crippen LogP contribution in [-0.2, 0) is 0 Å². The van der Waals surface area contributed by atoms with Gasteiger partial charge in [-0.15, -0.1) is 0 Å². The third-order valence-corrected chi connectivity index (χ3v) is 5.42. The number of nitrogens with zero attached hydrogens (tertiary/aromatic N) is 3. The van der Waals surface area contributed by atoms with Crippen molar-refractivity contribution >= 4 is 23.0 Å². The van der Waals surface area contributed by atoms with Crippen LogP contribution >= 0.6 is 0 Å². The number of anilines is 3. The van der Waals surface area contributed by atoms with Crippen LogP contribution in [0.25, 0.3) is 0 Å². The van der Waals surface area contributed by atoms with E-state index in [0.29, 0.717) is 18.5 Å². The average Bonchev–Trinajstić information content (AvgIpc) is 2.77. The molecule has 1 aliphatic rings. The van der Waals surface area contributed by atoms with Crippen molar-refractivity contribution in [1.29, 1.82) is 5.26 Å². The summed E-state index contributed by atoms with van der Waals surface area (Å²) in [5.74, 6) is -0.0184. The third kappa shape index (κ3) is 3.72. The van der Waals surface area contributed by atoms with Crippen molar-refractivity contribution in [3.8, 4) is 6.07 Å². The summed E-state index contributed by atoms with van der Waals surface area (Å²) in [5.41, 5.74) is 5.51. The number of carbonyl (C=O) groups is 1. The van der Waals surface area contributed by atoms with Crippen LogP contribution in [-0.4, -0.2) is 19.5 Å². The highest BCUT2D eigenvalue weighted by Crippen LogP contribution is 2.37. The van der Waals surface area contributed by atoms with E-state index in [1.807, 2.05) is 91.7 Å². The summed E-state index contributed by atoms with van der Waals surface area (Å²) in [7, 11) is 1.98. The highest BCUT2D eigenvalue weighted by Gasteiger charge is 2.34. The number of hydrogen-bond acceptors (Lipinski definition) is 4. The van der Waals surface area contributed by atoms with E-state index >= 15 is 0 Å². The number of hydrogen-bond donors (Lipinski definition) is 1. The quantitative estimate of drug-likeness (QED) is 0.651. The Bertz CT molecular complexity index is 1100. The lowest BCUT2D eigenvalue weighted by Gasteiger charge is -2.38. The molecule has 1 atom stereocenters. The average molecular weight is 396 g/mol. The maximum Gasteiger partial charge on any atom is 0.262 e. The van der Waals surface area contributed by atoms with Crippen molar-refractivity contribution in [1.82, 2.24) is 0 Å². The van der Waals surface area contributed by atoms with Crippen molar-refractivity contribution in [2.45, 2.75) is 19.5 Å². The number of fused-ring (bicyclic) bond motifs is 1. The molecule has 0 spiro atoms. The molecular weight excluding hydrogens is 372 g/mol. The number of rotatable bonds is 5. The number of para-hydroxylation sites is 1. The van der Waals surface area contributed by atoms with Crippen molar-refractivity contribution in [2.75, 3.05) is 28.7 Å². The third-order valence-electron chi connectivity index (χ3n) is 5.42. The molecule has 1 heterocycles. The maximum absolute atomic E-state index is 13.5. The first-order valence-corrected chi connectivity index (χ1v) is 10.0. The molecule has 3 aromatic carbocycles. The Morgan fingerprint density at radius 3 is 2.57 bits per heavy atom. The molecule has 0 aliphatic carbocycles. The lowest BCUT2D eigenvalue weighted by Crippen LogP contribution is -2.43. The van der Waals surface area contributed by atoms with Crippen molar-refractivity contribution in [2.24, 2.45) is 0 Å². The highest BCUT2D eigenvalue weighted by atomic mass is 16.2. The standard InChI is InChI=1S/C25H24N4O/c1-18-7-5-8-21(17-18)29-24(27-23-10-4-3-9-22(23)25(29)30)19-11-13-20(14-12-19)28(2)16-6-15-26/h3-5,7-14,17,24,27H,6,16H2,1-2H3/t24-/m0/s1. The summed E-state index contributed by atoms with van der Waals surface area (Å²) in [6.07, 6.45) is 0.169. The Labute approximate surface area is 177 Å². The first kappa shape index (κ1) is 19.5. The summed E-state index contributed by atoms with van der Waals surface area (Å²) in [4.78, 5) is 17.3.